The second kappa shape index (κ2) is 7.13. The lowest BCUT2D eigenvalue weighted by Gasteiger charge is -2.16. The van der Waals surface area contributed by atoms with Crippen molar-refractivity contribution in [2.45, 2.75) is 19.9 Å². The molecule has 0 amide bonds. The molecule has 6 heteroatoms. The van der Waals surface area contributed by atoms with Gasteiger partial charge < -0.3 is 15.8 Å². The van der Waals surface area contributed by atoms with Gasteiger partial charge in [-0.3, -0.25) is 4.21 Å². The molecule has 5 nitrogen and oxygen atoms in total. The minimum Gasteiger partial charge on any atom is -0.462 e. The number of hydrogen-bond donors (Lipinski definition) is 2. The summed E-state index contributed by atoms with van der Waals surface area (Å²) in [6.45, 7) is 4.02. The SMILES string of the molecule is CCOC(=O)c1ccc(NC(C)CS(C)=O)c(N)c1. The molecule has 0 fully saturated rings. The Morgan fingerprint density at radius 3 is 2.74 bits per heavy atom. The van der Waals surface area contributed by atoms with Crippen molar-refractivity contribution < 1.29 is 13.7 Å². The van der Waals surface area contributed by atoms with E-state index in [1.807, 2.05) is 6.92 Å². The molecule has 1 aromatic carbocycles. The monoisotopic (exact) mass is 284 g/mol. The molecule has 0 aromatic heterocycles. The summed E-state index contributed by atoms with van der Waals surface area (Å²) in [5, 5.41) is 3.17. The quantitative estimate of drug-likeness (QED) is 0.613. The highest BCUT2D eigenvalue weighted by Crippen LogP contribution is 2.21. The van der Waals surface area contributed by atoms with E-state index in [9.17, 15) is 9.00 Å². The van der Waals surface area contributed by atoms with Crippen molar-refractivity contribution in [2.75, 3.05) is 29.7 Å². The Morgan fingerprint density at radius 1 is 1.53 bits per heavy atom. The highest BCUT2D eigenvalue weighted by Gasteiger charge is 2.11. The van der Waals surface area contributed by atoms with Crippen molar-refractivity contribution in [3.05, 3.63) is 23.8 Å². The Labute approximate surface area is 116 Å². The fourth-order valence-electron chi connectivity index (χ4n) is 1.69. The second-order valence-corrected chi connectivity index (χ2v) is 5.79. The van der Waals surface area contributed by atoms with Gasteiger partial charge in [-0.1, -0.05) is 0 Å². The van der Waals surface area contributed by atoms with E-state index in [0.29, 0.717) is 23.6 Å². The Kier molecular flexibility index (Phi) is 5.82. The zero-order valence-electron chi connectivity index (χ0n) is 11.4. The first kappa shape index (κ1) is 15.5. The molecule has 0 aliphatic heterocycles. The summed E-state index contributed by atoms with van der Waals surface area (Å²) in [7, 11) is -0.868. The number of benzene rings is 1. The normalized spacial score (nSPS) is 13.6. The number of carbonyl (C=O) groups excluding carboxylic acids is 1. The summed E-state index contributed by atoms with van der Waals surface area (Å²) in [6, 6.07) is 5.01. The van der Waals surface area contributed by atoms with Crippen LogP contribution in [0.3, 0.4) is 0 Å². The number of ether oxygens (including phenoxy) is 1. The molecule has 1 aromatic rings. The molecule has 2 unspecified atom stereocenters. The van der Waals surface area contributed by atoms with Gasteiger partial charge in [0.1, 0.15) is 0 Å². The van der Waals surface area contributed by atoms with Crippen molar-refractivity contribution in [2.24, 2.45) is 0 Å². The van der Waals surface area contributed by atoms with Crippen LogP contribution in [0.25, 0.3) is 0 Å². The van der Waals surface area contributed by atoms with E-state index in [1.165, 1.54) is 0 Å². The van der Waals surface area contributed by atoms with Crippen LogP contribution < -0.4 is 11.1 Å². The highest BCUT2D eigenvalue weighted by molar-refractivity contribution is 7.84. The topological polar surface area (TPSA) is 81.4 Å². The molecule has 2 atom stereocenters. The van der Waals surface area contributed by atoms with Crippen molar-refractivity contribution in [3.63, 3.8) is 0 Å². The summed E-state index contributed by atoms with van der Waals surface area (Å²) in [6.07, 6.45) is 1.66. The van der Waals surface area contributed by atoms with Gasteiger partial charge in [0.05, 0.1) is 23.5 Å². The third-order valence-electron chi connectivity index (χ3n) is 2.45. The van der Waals surface area contributed by atoms with Crippen molar-refractivity contribution in [1.82, 2.24) is 0 Å². The summed E-state index contributed by atoms with van der Waals surface area (Å²) < 4.78 is 16.0. The molecule has 19 heavy (non-hydrogen) atoms. The highest BCUT2D eigenvalue weighted by atomic mass is 32.2. The Morgan fingerprint density at radius 2 is 2.21 bits per heavy atom. The maximum absolute atomic E-state index is 11.5. The number of carbonyl (C=O) groups is 1. The number of hydrogen-bond acceptors (Lipinski definition) is 5. The van der Waals surface area contributed by atoms with Crippen molar-refractivity contribution in [3.8, 4) is 0 Å². The molecule has 0 spiro atoms. The minimum absolute atomic E-state index is 0.0431. The predicted molar refractivity (Wildman–Crippen MR) is 78.8 cm³/mol. The van der Waals surface area contributed by atoms with E-state index >= 15 is 0 Å². The molecule has 106 valence electrons. The molecule has 0 aliphatic rings. The van der Waals surface area contributed by atoms with Crippen molar-refractivity contribution >= 4 is 28.1 Å². The lowest BCUT2D eigenvalue weighted by molar-refractivity contribution is 0.0526. The summed E-state index contributed by atoms with van der Waals surface area (Å²) in [5.74, 6) is 0.155. The largest absolute Gasteiger partial charge is 0.462 e. The van der Waals surface area contributed by atoms with Gasteiger partial charge in [0.2, 0.25) is 0 Å². The van der Waals surface area contributed by atoms with Gasteiger partial charge in [-0.05, 0) is 32.0 Å². The molecular formula is C13H20N2O3S. The van der Waals surface area contributed by atoms with Crippen molar-refractivity contribution in [1.29, 1.82) is 0 Å². The smallest absolute Gasteiger partial charge is 0.338 e. The van der Waals surface area contributed by atoms with Crippen LogP contribution in [0.4, 0.5) is 11.4 Å². The molecule has 0 bridgehead atoms. The summed E-state index contributed by atoms with van der Waals surface area (Å²) >= 11 is 0. The van der Waals surface area contributed by atoms with E-state index in [4.69, 9.17) is 10.5 Å². The number of anilines is 2. The zero-order chi connectivity index (χ0) is 14.4. The number of esters is 1. The van der Waals surface area contributed by atoms with E-state index in [0.717, 1.165) is 5.69 Å². The van der Waals surface area contributed by atoms with Gasteiger partial charge in [-0.25, -0.2) is 4.79 Å². The van der Waals surface area contributed by atoms with Crippen LogP contribution in [0.1, 0.15) is 24.2 Å². The average molecular weight is 284 g/mol. The minimum atomic E-state index is -0.868. The van der Waals surface area contributed by atoms with E-state index in [1.54, 1.807) is 31.4 Å². The molecule has 0 radical (unpaired) electrons. The van der Waals surface area contributed by atoms with Crippen LogP contribution in [0, 0.1) is 0 Å². The molecule has 1 rings (SSSR count). The molecule has 0 aliphatic carbocycles. The van der Waals surface area contributed by atoms with Gasteiger partial charge in [0.15, 0.2) is 0 Å². The Bertz CT molecular complexity index is 477. The van der Waals surface area contributed by atoms with Crippen LogP contribution in [-0.2, 0) is 15.5 Å². The maximum Gasteiger partial charge on any atom is 0.338 e. The van der Waals surface area contributed by atoms with Gasteiger partial charge in [-0.15, -0.1) is 0 Å². The third-order valence-corrected chi connectivity index (χ3v) is 3.42. The molecular weight excluding hydrogens is 264 g/mol. The van der Waals surface area contributed by atoms with Gasteiger partial charge in [0, 0.05) is 28.9 Å². The number of nitrogens with two attached hydrogens (primary N) is 1. The second-order valence-electron chi connectivity index (χ2n) is 4.31. The first-order valence-electron chi connectivity index (χ1n) is 6.07. The van der Waals surface area contributed by atoms with Crippen LogP contribution in [-0.4, -0.2) is 34.8 Å². The standard InChI is InChI=1S/C13H20N2O3S/c1-4-18-13(16)10-5-6-12(11(14)7-10)15-9(2)8-19(3)17/h5-7,9,15H,4,8,14H2,1-3H3. The average Bonchev–Trinajstić information content (AvgIpc) is 2.31. The van der Waals surface area contributed by atoms with Crippen LogP contribution in [0.15, 0.2) is 18.2 Å². The van der Waals surface area contributed by atoms with Gasteiger partial charge >= 0.3 is 5.97 Å². The Hall–Kier alpha value is -1.56. The first-order valence-corrected chi connectivity index (χ1v) is 7.80. The van der Waals surface area contributed by atoms with Gasteiger partial charge in [0.25, 0.3) is 0 Å². The van der Waals surface area contributed by atoms with Gasteiger partial charge in [-0.2, -0.15) is 0 Å². The number of nitrogen functional groups attached to an aromatic ring is 1. The van der Waals surface area contributed by atoms with E-state index in [-0.39, 0.29) is 12.0 Å². The predicted octanol–water partition coefficient (Wildman–Crippen LogP) is 1.62. The first-order chi connectivity index (χ1) is 8.93. The summed E-state index contributed by atoms with van der Waals surface area (Å²) in [4.78, 5) is 11.5. The van der Waals surface area contributed by atoms with Crippen LogP contribution in [0.2, 0.25) is 0 Å². The molecule has 0 saturated carbocycles. The lowest BCUT2D eigenvalue weighted by Crippen LogP contribution is -2.23. The van der Waals surface area contributed by atoms with E-state index < -0.39 is 10.8 Å². The third kappa shape index (κ3) is 4.90. The van der Waals surface area contributed by atoms with E-state index in [2.05, 4.69) is 5.32 Å². The van der Waals surface area contributed by atoms with Crippen LogP contribution >= 0.6 is 0 Å². The lowest BCUT2D eigenvalue weighted by atomic mass is 10.1. The number of nitrogens with one attached hydrogen (secondary N) is 1. The zero-order valence-corrected chi connectivity index (χ0v) is 12.3. The molecule has 0 heterocycles. The summed E-state index contributed by atoms with van der Waals surface area (Å²) in [5.41, 5.74) is 7.52. The molecule has 3 N–H and O–H groups in total. The fraction of sp³-hybridized carbons (Fsp3) is 0.462. The molecule has 0 saturated heterocycles. The number of rotatable bonds is 6. The Balaban J connectivity index is 2.77. The fourth-order valence-corrected chi connectivity index (χ4v) is 2.48. The van der Waals surface area contributed by atoms with Crippen LogP contribution in [0.5, 0.6) is 0 Å². The maximum atomic E-state index is 11.5.